The first kappa shape index (κ1) is 12.0. The minimum atomic E-state index is 0. The molecule has 4 heteroatoms. The maximum Gasteiger partial charge on any atom is 0.101 e. The molecule has 0 bridgehead atoms. The lowest BCUT2D eigenvalue weighted by atomic mass is 9.91. The van der Waals surface area contributed by atoms with Crippen molar-refractivity contribution in [2.45, 2.75) is 18.8 Å². The molecule has 1 aromatic rings. The molecule has 3 nitrogen and oxygen atoms in total. The third kappa shape index (κ3) is 2.92. The number of hydrogen-bond donors (Lipinski definition) is 1. The summed E-state index contributed by atoms with van der Waals surface area (Å²) in [6.07, 6.45) is 5.80. The molecule has 0 atom stereocenters. The van der Waals surface area contributed by atoms with Crippen LogP contribution in [0.25, 0.3) is 0 Å². The van der Waals surface area contributed by atoms with Crippen LogP contribution in [-0.2, 0) is 0 Å². The predicted octanol–water partition coefficient (Wildman–Crippen LogP) is 1.84. The van der Waals surface area contributed by atoms with Crippen LogP contribution in [-0.4, -0.2) is 18.1 Å². The van der Waals surface area contributed by atoms with E-state index in [-0.39, 0.29) is 12.4 Å². The summed E-state index contributed by atoms with van der Waals surface area (Å²) in [6, 6.07) is 4.09. The second-order valence-corrected chi connectivity index (χ2v) is 3.64. The molecule has 0 spiro atoms. The van der Waals surface area contributed by atoms with Crippen molar-refractivity contribution in [3.63, 3.8) is 0 Å². The lowest BCUT2D eigenvalue weighted by Crippen LogP contribution is -2.26. The quantitative estimate of drug-likeness (QED) is 0.791. The van der Waals surface area contributed by atoms with Crippen molar-refractivity contribution in [1.82, 2.24) is 10.3 Å². The zero-order chi connectivity index (χ0) is 9.80. The Morgan fingerprint density at radius 1 is 1.33 bits per heavy atom. The van der Waals surface area contributed by atoms with E-state index in [9.17, 15) is 0 Å². The van der Waals surface area contributed by atoms with Gasteiger partial charge in [0, 0.05) is 12.4 Å². The Kier molecular flexibility index (Phi) is 4.54. The lowest BCUT2D eigenvalue weighted by molar-refractivity contribution is 0.459. The summed E-state index contributed by atoms with van der Waals surface area (Å²) in [5.74, 6) is 0.581. The van der Waals surface area contributed by atoms with Gasteiger partial charge in [-0.05, 0) is 43.5 Å². The van der Waals surface area contributed by atoms with Crippen LogP contribution < -0.4 is 5.32 Å². The first-order valence-electron chi connectivity index (χ1n) is 4.96. The van der Waals surface area contributed by atoms with Crippen LogP contribution in [0.15, 0.2) is 18.5 Å². The van der Waals surface area contributed by atoms with Crippen LogP contribution in [0.3, 0.4) is 0 Å². The molecule has 2 heterocycles. The highest BCUT2D eigenvalue weighted by atomic mass is 35.5. The topological polar surface area (TPSA) is 48.7 Å². The molecule has 0 aliphatic carbocycles. The van der Waals surface area contributed by atoms with Gasteiger partial charge in [-0.25, -0.2) is 0 Å². The van der Waals surface area contributed by atoms with Crippen LogP contribution in [0.1, 0.15) is 29.9 Å². The standard InChI is InChI=1S/C11H13N3.ClH/c12-6-9-5-11(8-14-7-9)10-1-3-13-4-2-10;/h5,7-8,10,13H,1-4H2;1H. The monoisotopic (exact) mass is 223 g/mol. The van der Waals surface area contributed by atoms with E-state index in [0.717, 1.165) is 25.9 Å². The molecular weight excluding hydrogens is 210 g/mol. The Hall–Kier alpha value is -1.11. The van der Waals surface area contributed by atoms with Gasteiger partial charge < -0.3 is 5.32 Å². The van der Waals surface area contributed by atoms with E-state index in [4.69, 9.17) is 5.26 Å². The van der Waals surface area contributed by atoms with Crippen LogP contribution >= 0.6 is 12.4 Å². The van der Waals surface area contributed by atoms with Gasteiger partial charge in [0.1, 0.15) is 6.07 Å². The normalized spacial score (nSPS) is 16.5. The molecule has 0 unspecified atom stereocenters. The van der Waals surface area contributed by atoms with Crippen molar-refractivity contribution < 1.29 is 0 Å². The number of piperidine rings is 1. The van der Waals surface area contributed by atoms with Crippen LogP contribution in [0.5, 0.6) is 0 Å². The molecule has 2 rings (SSSR count). The van der Waals surface area contributed by atoms with Crippen molar-refractivity contribution in [2.24, 2.45) is 0 Å². The molecular formula is C11H14ClN3. The number of rotatable bonds is 1. The Balaban J connectivity index is 0.00000112. The average Bonchev–Trinajstić information content (AvgIpc) is 2.30. The van der Waals surface area contributed by atoms with E-state index in [0.29, 0.717) is 11.5 Å². The molecule has 0 aromatic carbocycles. The number of nitrogens with zero attached hydrogens (tertiary/aromatic N) is 2. The largest absolute Gasteiger partial charge is 0.317 e. The fraction of sp³-hybridized carbons (Fsp3) is 0.455. The van der Waals surface area contributed by atoms with Gasteiger partial charge in [-0.2, -0.15) is 5.26 Å². The van der Waals surface area contributed by atoms with Crippen molar-refractivity contribution in [3.8, 4) is 6.07 Å². The molecule has 1 fully saturated rings. The summed E-state index contributed by atoms with van der Waals surface area (Å²) in [5.41, 5.74) is 1.88. The van der Waals surface area contributed by atoms with E-state index in [2.05, 4.69) is 16.4 Å². The van der Waals surface area contributed by atoms with Crippen molar-refractivity contribution >= 4 is 12.4 Å². The average molecular weight is 224 g/mol. The number of pyridine rings is 1. The van der Waals surface area contributed by atoms with Gasteiger partial charge in [0.15, 0.2) is 0 Å². The lowest BCUT2D eigenvalue weighted by Gasteiger charge is -2.22. The van der Waals surface area contributed by atoms with Gasteiger partial charge in [0.05, 0.1) is 5.56 Å². The number of halogens is 1. The number of hydrogen-bond acceptors (Lipinski definition) is 3. The smallest absolute Gasteiger partial charge is 0.101 e. The van der Waals surface area contributed by atoms with Crippen molar-refractivity contribution in [3.05, 3.63) is 29.6 Å². The Morgan fingerprint density at radius 2 is 2.07 bits per heavy atom. The molecule has 15 heavy (non-hydrogen) atoms. The van der Waals surface area contributed by atoms with E-state index >= 15 is 0 Å². The highest BCUT2D eigenvalue weighted by molar-refractivity contribution is 5.85. The maximum absolute atomic E-state index is 8.76. The highest BCUT2D eigenvalue weighted by Gasteiger charge is 2.15. The van der Waals surface area contributed by atoms with Gasteiger partial charge >= 0.3 is 0 Å². The molecule has 0 amide bonds. The zero-order valence-corrected chi connectivity index (χ0v) is 9.26. The Labute approximate surface area is 95.9 Å². The molecule has 1 aliphatic heterocycles. The SMILES string of the molecule is Cl.N#Cc1cncc(C2CCNCC2)c1. The second kappa shape index (κ2) is 5.69. The van der Waals surface area contributed by atoms with E-state index in [1.807, 2.05) is 12.3 Å². The molecule has 1 aliphatic rings. The summed E-state index contributed by atoms with van der Waals surface area (Å²) in [4.78, 5) is 4.09. The van der Waals surface area contributed by atoms with Crippen LogP contribution in [0.4, 0.5) is 0 Å². The van der Waals surface area contributed by atoms with Crippen LogP contribution in [0, 0.1) is 11.3 Å². The number of nitriles is 1. The molecule has 0 radical (unpaired) electrons. The third-order valence-electron chi connectivity index (χ3n) is 2.70. The zero-order valence-electron chi connectivity index (χ0n) is 8.44. The number of nitrogens with one attached hydrogen (secondary N) is 1. The summed E-state index contributed by atoms with van der Waals surface area (Å²) in [5, 5.41) is 12.1. The Morgan fingerprint density at radius 3 is 2.73 bits per heavy atom. The summed E-state index contributed by atoms with van der Waals surface area (Å²) >= 11 is 0. The Bertz CT molecular complexity index is 353. The summed E-state index contributed by atoms with van der Waals surface area (Å²) in [7, 11) is 0. The predicted molar refractivity (Wildman–Crippen MR) is 61.0 cm³/mol. The van der Waals surface area contributed by atoms with Crippen molar-refractivity contribution in [1.29, 1.82) is 5.26 Å². The van der Waals surface area contributed by atoms with Gasteiger partial charge in [-0.1, -0.05) is 0 Å². The van der Waals surface area contributed by atoms with Gasteiger partial charge in [0.25, 0.3) is 0 Å². The first-order chi connectivity index (χ1) is 6.90. The third-order valence-corrected chi connectivity index (χ3v) is 2.70. The maximum atomic E-state index is 8.76. The van der Waals surface area contributed by atoms with Gasteiger partial charge in [-0.3, -0.25) is 4.98 Å². The minimum Gasteiger partial charge on any atom is -0.317 e. The molecule has 0 saturated carbocycles. The fourth-order valence-corrected chi connectivity index (χ4v) is 1.90. The van der Waals surface area contributed by atoms with E-state index in [1.165, 1.54) is 5.56 Å². The summed E-state index contributed by atoms with van der Waals surface area (Å²) in [6.45, 7) is 2.14. The number of aromatic nitrogens is 1. The van der Waals surface area contributed by atoms with E-state index in [1.54, 1.807) is 6.20 Å². The van der Waals surface area contributed by atoms with Crippen molar-refractivity contribution in [2.75, 3.05) is 13.1 Å². The second-order valence-electron chi connectivity index (χ2n) is 3.64. The fourth-order valence-electron chi connectivity index (χ4n) is 1.90. The highest BCUT2D eigenvalue weighted by Crippen LogP contribution is 2.24. The molecule has 1 N–H and O–H groups in total. The molecule has 80 valence electrons. The first-order valence-corrected chi connectivity index (χ1v) is 4.96. The molecule has 1 saturated heterocycles. The van der Waals surface area contributed by atoms with E-state index < -0.39 is 0 Å². The minimum absolute atomic E-state index is 0. The summed E-state index contributed by atoms with van der Waals surface area (Å²) < 4.78 is 0. The van der Waals surface area contributed by atoms with Gasteiger partial charge in [0.2, 0.25) is 0 Å². The van der Waals surface area contributed by atoms with Crippen LogP contribution in [0.2, 0.25) is 0 Å². The molecule has 1 aromatic heterocycles. The van der Waals surface area contributed by atoms with Gasteiger partial charge in [-0.15, -0.1) is 12.4 Å².